The van der Waals surface area contributed by atoms with E-state index in [1.807, 2.05) is 0 Å². The van der Waals surface area contributed by atoms with Gasteiger partial charge in [0.05, 0.1) is 0 Å². The van der Waals surface area contributed by atoms with Crippen molar-refractivity contribution in [2.75, 3.05) is 0 Å². The Labute approximate surface area is 154 Å². The number of hydrogen-bond acceptors (Lipinski definition) is 3. The SMILES string of the molecule is CC(=O)[C@@]1(O)CC[C@@H]2[C@@H]3C=C(Cl)C4=CC(=O)CC[C@]4(C)[C@@H]3CC[C@@]21C. The highest BCUT2D eigenvalue weighted by molar-refractivity contribution is 6.32. The van der Waals surface area contributed by atoms with Crippen LogP contribution in [0.2, 0.25) is 0 Å². The number of rotatable bonds is 1. The molecular formula is C21H27ClO3. The lowest BCUT2D eigenvalue weighted by Crippen LogP contribution is -2.56. The van der Waals surface area contributed by atoms with Crippen LogP contribution in [0.5, 0.6) is 0 Å². The Bertz CT molecular complexity index is 723. The van der Waals surface area contributed by atoms with Crippen molar-refractivity contribution in [3.05, 3.63) is 22.8 Å². The molecule has 3 nitrogen and oxygen atoms in total. The van der Waals surface area contributed by atoms with Crippen molar-refractivity contribution in [2.24, 2.45) is 28.6 Å². The van der Waals surface area contributed by atoms with Crippen molar-refractivity contribution < 1.29 is 14.7 Å². The Hall–Kier alpha value is -0.930. The predicted octanol–water partition coefficient (Wildman–Crippen LogP) is 4.18. The molecule has 0 bridgehead atoms. The Kier molecular flexibility index (Phi) is 3.70. The number of Topliss-reactive ketones (excluding diaryl/α,β-unsaturated/α-hetero) is 1. The summed E-state index contributed by atoms with van der Waals surface area (Å²) in [5.74, 6) is 1.04. The van der Waals surface area contributed by atoms with Gasteiger partial charge in [0, 0.05) is 16.9 Å². The second-order valence-corrected chi connectivity index (χ2v) is 9.57. The fourth-order valence-corrected chi connectivity index (χ4v) is 7.08. The molecule has 4 rings (SSSR count). The molecule has 0 aromatic heterocycles. The number of hydrogen-bond donors (Lipinski definition) is 1. The molecular weight excluding hydrogens is 336 g/mol. The molecule has 136 valence electrons. The molecule has 4 heteroatoms. The van der Waals surface area contributed by atoms with Gasteiger partial charge in [0.15, 0.2) is 11.6 Å². The summed E-state index contributed by atoms with van der Waals surface area (Å²) in [5.41, 5.74) is -0.643. The van der Waals surface area contributed by atoms with Crippen molar-refractivity contribution in [3.8, 4) is 0 Å². The van der Waals surface area contributed by atoms with Crippen LogP contribution >= 0.6 is 11.6 Å². The van der Waals surface area contributed by atoms with Crippen LogP contribution in [0.3, 0.4) is 0 Å². The van der Waals surface area contributed by atoms with Gasteiger partial charge in [-0.1, -0.05) is 31.5 Å². The second-order valence-electron chi connectivity index (χ2n) is 9.16. The number of fused-ring (bicyclic) bond motifs is 5. The van der Waals surface area contributed by atoms with Crippen LogP contribution in [0, 0.1) is 28.6 Å². The topological polar surface area (TPSA) is 54.4 Å². The first-order valence-corrected chi connectivity index (χ1v) is 9.87. The van der Waals surface area contributed by atoms with Crippen LogP contribution in [-0.4, -0.2) is 22.3 Å². The largest absolute Gasteiger partial charge is 0.382 e. The Morgan fingerprint density at radius 1 is 1.20 bits per heavy atom. The molecule has 0 aromatic carbocycles. The van der Waals surface area contributed by atoms with Crippen molar-refractivity contribution >= 4 is 23.2 Å². The molecule has 0 amide bonds. The van der Waals surface area contributed by atoms with E-state index in [0.29, 0.717) is 23.8 Å². The van der Waals surface area contributed by atoms with E-state index in [2.05, 4.69) is 19.9 Å². The molecule has 0 aliphatic heterocycles. The minimum Gasteiger partial charge on any atom is -0.382 e. The number of halogens is 1. The maximum Gasteiger partial charge on any atom is 0.161 e. The zero-order valence-corrected chi connectivity index (χ0v) is 16.0. The van der Waals surface area contributed by atoms with Crippen molar-refractivity contribution in [3.63, 3.8) is 0 Å². The van der Waals surface area contributed by atoms with Crippen LogP contribution < -0.4 is 0 Å². The summed E-state index contributed by atoms with van der Waals surface area (Å²) in [6, 6.07) is 0. The van der Waals surface area contributed by atoms with E-state index in [1.165, 1.54) is 6.92 Å². The van der Waals surface area contributed by atoms with Crippen LogP contribution in [0.15, 0.2) is 22.8 Å². The molecule has 0 spiro atoms. The first kappa shape index (κ1) is 17.5. The smallest absolute Gasteiger partial charge is 0.161 e. The van der Waals surface area contributed by atoms with E-state index in [4.69, 9.17) is 11.6 Å². The molecule has 2 saturated carbocycles. The number of allylic oxidation sites excluding steroid dienone is 4. The lowest BCUT2D eigenvalue weighted by molar-refractivity contribution is -0.156. The average molecular weight is 363 g/mol. The Morgan fingerprint density at radius 2 is 1.88 bits per heavy atom. The summed E-state index contributed by atoms with van der Waals surface area (Å²) in [6.07, 6.45) is 8.57. The summed E-state index contributed by atoms with van der Waals surface area (Å²) < 4.78 is 0. The number of carbonyl (C=O) groups excluding carboxylic acids is 2. The van der Waals surface area contributed by atoms with Crippen molar-refractivity contribution in [1.82, 2.24) is 0 Å². The molecule has 25 heavy (non-hydrogen) atoms. The summed E-state index contributed by atoms with van der Waals surface area (Å²) in [5, 5.41) is 11.9. The lowest BCUT2D eigenvalue weighted by atomic mass is 9.48. The minimum absolute atomic E-state index is 0.0668. The van der Waals surface area contributed by atoms with Crippen molar-refractivity contribution in [2.45, 2.75) is 64.9 Å². The van der Waals surface area contributed by atoms with Gasteiger partial charge in [0.1, 0.15) is 5.60 Å². The summed E-state index contributed by atoms with van der Waals surface area (Å²) >= 11 is 6.65. The van der Waals surface area contributed by atoms with Crippen molar-refractivity contribution in [1.29, 1.82) is 0 Å². The van der Waals surface area contributed by atoms with E-state index in [0.717, 1.165) is 31.3 Å². The van der Waals surface area contributed by atoms with Gasteiger partial charge >= 0.3 is 0 Å². The fraction of sp³-hybridized carbons (Fsp3) is 0.714. The fourth-order valence-electron chi connectivity index (χ4n) is 6.67. The Balaban J connectivity index is 1.80. The molecule has 6 atom stereocenters. The van der Waals surface area contributed by atoms with Gasteiger partial charge in [-0.25, -0.2) is 0 Å². The highest BCUT2D eigenvalue weighted by Crippen LogP contribution is 2.67. The minimum atomic E-state index is -1.21. The van der Waals surface area contributed by atoms with E-state index < -0.39 is 5.60 Å². The lowest BCUT2D eigenvalue weighted by Gasteiger charge is -2.57. The first-order chi connectivity index (χ1) is 11.6. The molecule has 0 radical (unpaired) electrons. The Morgan fingerprint density at radius 3 is 2.56 bits per heavy atom. The van der Waals surface area contributed by atoms with E-state index >= 15 is 0 Å². The molecule has 1 N–H and O–H groups in total. The van der Waals surface area contributed by atoms with Crippen LogP contribution in [-0.2, 0) is 9.59 Å². The van der Waals surface area contributed by atoms with E-state index in [1.54, 1.807) is 6.08 Å². The maximum atomic E-state index is 12.2. The summed E-state index contributed by atoms with van der Waals surface area (Å²) in [6.45, 7) is 5.88. The third-order valence-electron chi connectivity index (χ3n) is 8.29. The third kappa shape index (κ3) is 2.09. The first-order valence-electron chi connectivity index (χ1n) is 9.49. The zero-order chi connectivity index (χ0) is 18.2. The number of carbonyl (C=O) groups is 2. The van der Waals surface area contributed by atoms with Crippen LogP contribution in [0.4, 0.5) is 0 Å². The highest BCUT2D eigenvalue weighted by Gasteiger charge is 2.65. The summed E-state index contributed by atoms with van der Waals surface area (Å²) in [7, 11) is 0. The molecule has 0 saturated heterocycles. The third-order valence-corrected chi connectivity index (χ3v) is 8.62. The van der Waals surface area contributed by atoms with E-state index in [9.17, 15) is 14.7 Å². The molecule has 0 heterocycles. The second kappa shape index (κ2) is 5.29. The van der Waals surface area contributed by atoms with E-state index in [-0.39, 0.29) is 34.2 Å². The highest BCUT2D eigenvalue weighted by atomic mass is 35.5. The van der Waals surface area contributed by atoms with Crippen LogP contribution in [0.25, 0.3) is 0 Å². The molecule has 2 fully saturated rings. The number of aliphatic hydroxyl groups is 1. The monoisotopic (exact) mass is 362 g/mol. The number of ketones is 2. The molecule has 4 aliphatic carbocycles. The maximum absolute atomic E-state index is 12.2. The standard InChI is InChI=1S/C21H27ClO3/c1-12(23)21(25)9-6-16-14-11-18(22)17-10-13(24)4-7-19(17,2)15(14)5-8-20(16,21)3/h10-11,14-16,25H,4-9H2,1-3H3/t14-,15-,16-,19-,20+,21+/m1/s1. The zero-order valence-electron chi connectivity index (χ0n) is 15.3. The molecule has 0 unspecified atom stereocenters. The van der Waals surface area contributed by atoms with Gasteiger partial charge in [0.2, 0.25) is 0 Å². The van der Waals surface area contributed by atoms with Crippen LogP contribution in [0.1, 0.15) is 59.3 Å². The predicted molar refractivity (Wildman–Crippen MR) is 97.0 cm³/mol. The van der Waals surface area contributed by atoms with Gasteiger partial charge in [-0.3, -0.25) is 9.59 Å². The normalized spacial score (nSPS) is 48.8. The van der Waals surface area contributed by atoms with Gasteiger partial charge in [-0.15, -0.1) is 0 Å². The molecule has 0 aromatic rings. The van der Waals surface area contributed by atoms with Gasteiger partial charge in [-0.05, 0) is 73.8 Å². The molecule has 4 aliphatic rings. The van der Waals surface area contributed by atoms with Gasteiger partial charge < -0.3 is 5.11 Å². The average Bonchev–Trinajstić information content (AvgIpc) is 2.83. The summed E-state index contributed by atoms with van der Waals surface area (Å²) in [4.78, 5) is 24.2. The van der Waals surface area contributed by atoms with Gasteiger partial charge in [0.25, 0.3) is 0 Å². The quantitative estimate of drug-likeness (QED) is 0.761. The van der Waals surface area contributed by atoms with Gasteiger partial charge in [-0.2, -0.15) is 0 Å².